The third-order valence-corrected chi connectivity index (χ3v) is 3.38. The van der Waals surface area contributed by atoms with Gasteiger partial charge in [0, 0.05) is 31.4 Å². The first-order valence-electron chi connectivity index (χ1n) is 7.01. The van der Waals surface area contributed by atoms with E-state index in [2.05, 4.69) is 62.2 Å². The molecule has 1 saturated heterocycles. The van der Waals surface area contributed by atoms with Gasteiger partial charge in [0.15, 0.2) is 0 Å². The lowest BCUT2D eigenvalue weighted by Gasteiger charge is -2.34. The molecule has 0 aliphatic carbocycles. The van der Waals surface area contributed by atoms with Crippen LogP contribution in [0.25, 0.3) is 0 Å². The third kappa shape index (κ3) is 3.74. The van der Waals surface area contributed by atoms with Crippen molar-refractivity contribution in [3.05, 3.63) is 29.8 Å². The second-order valence-corrected chi connectivity index (χ2v) is 6.71. The molecule has 0 amide bonds. The Morgan fingerprint density at radius 3 is 2.78 bits per heavy atom. The molecule has 0 saturated carbocycles. The van der Waals surface area contributed by atoms with Crippen molar-refractivity contribution in [2.45, 2.75) is 40.2 Å². The zero-order valence-electron chi connectivity index (χ0n) is 12.2. The molecule has 0 spiro atoms. The second kappa shape index (κ2) is 5.31. The van der Waals surface area contributed by atoms with Crippen LogP contribution in [0.1, 0.15) is 33.3 Å². The van der Waals surface area contributed by atoms with Gasteiger partial charge in [-0.15, -0.1) is 0 Å². The molecule has 1 aliphatic heterocycles. The van der Waals surface area contributed by atoms with Crippen LogP contribution in [0.15, 0.2) is 24.3 Å². The normalized spacial score (nSPS) is 21.1. The quantitative estimate of drug-likeness (QED) is 0.862. The van der Waals surface area contributed by atoms with E-state index in [1.54, 1.807) is 0 Å². The molecule has 0 bridgehead atoms. The average Bonchev–Trinajstić information content (AvgIpc) is 2.27. The summed E-state index contributed by atoms with van der Waals surface area (Å²) in [5.41, 5.74) is 3.19. The van der Waals surface area contributed by atoms with E-state index in [-0.39, 0.29) is 0 Å². The lowest BCUT2D eigenvalue weighted by atomic mass is 9.88. The fourth-order valence-corrected chi connectivity index (χ4v) is 2.64. The summed E-state index contributed by atoms with van der Waals surface area (Å²) in [6, 6.07) is 9.64. The minimum Gasteiger partial charge on any atom is -0.369 e. The first-order valence-corrected chi connectivity index (χ1v) is 7.01. The van der Waals surface area contributed by atoms with Crippen LogP contribution >= 0.6 is 0 Å². The Morgan fingerprint density at radius 2 is 2.11 bits per heavy atom. The summed E-state index contributed by atoms with van der Waals surface area (Å²) in [4.78, 5) is 2.49. The first-order chi connectivity index (χ1) is 8.44. The van der Waals surface area contributed by atoms with E-state index < -0.39 is 0 Å². The van der Waals surface area contributed by atoms with Crippen molar-refractivity contribution in [3.63, 3.8) is 0 Å². The van der Waals surface area contributed by atoms with Gasteiger partial charge in [-0.25, -0.2) is 0 Å². The van der Waals surface area contributed by atoms with Crippen LogP contribution in [0.5, 0.6) is 0 Å². The molecule has 1 aliphatic rings. The number of nitrogens with zero attached hydrogens (tertiary/aromatic N) is 1. The number of benzene rings is 1. The molecule has 2 nitrogen and oxygen atoms in total. The van der Waals surface area contributed by atoms with Crippen LogP contribution in [0.3, 0.4) is 0 Å². The molecule has 1 N–H and O–H groups in total. The molecule has 2 rings (SSSR count). The van der Waals surface area contributed by atoms with Crippen molar-refractivity contribution in [2.24, 2.45) is 5.41 Å². The topological polar surface area (TPSA) is 15.3 Å². The molecule has 1 atom stereocenters. The van der Waals surface area contributed by atoms with Gasteiger partial charge in [-0.05, 0) is 36.5 Å². The second-order valence-electron chi connectivity index (χ2n) is 6.71. The molecule has 100 valence electrons. The summed E-state index contributed by atoms with van der Waals surface area (Å²) in [5.74, 6) is 0. The minimum absolute atomic E-state index is 0.357. The largest absolute Gasteiger partial charge is 0.369 e. The maximum Gasteiger partial charge on any atom is 0.0369 e. The van der Waals surface area contributed by atoms with E-state index in [0.29, 0.717) is 11.5 Å². The lowest BCUT2D eigenvalue weighted by Crippen LogP contribution is -2.49. The van der Waals surface area contributed by atoms with Crippen molar-refractivity contribution in [2.75, 3.05) is 24.5 Å². The Hall–Kier alpha value is -1.02. The van der Waals surface area contributed by atoms with Crippen LogP contribution in [0.4, 0.5) is 5.69 Å². The molecular weight excluding hydrogens is 220 g/mol. The van der Waals surface area contributed by atoms with Gasteiger partial charge in [0.2, 0.25) is 0 Å². The van der Waals surface area contributed by atoms with Gasteiger partial charge < -0.3 is 10.2 Å². The van der Waals surface area contributed by atoms with E-state index in [1.165, 1.54) is 11.3 Å². The predicted octanol–water partition coefficient (Wildman–Crippen LogP) is 3.07. The van der Waals surface area contributed by atoms with Crippen LogP contribution < -0.4 is 10.2 Å². The molecule has 0 radical (unpaired) electrons. The van der Waals surface area contributed by atoms with E-state index in [0.717, 1.165) is 26.1 Å². The van der Waals surface area contributed by atoms with Crippen molar-refractivity contribution in [3.8, 4) is 0 Å². The maximum atomic E-state index is 3.49. The van der Waals surface area contributed by atoms with Gasteiger partial charge in [-0.3, -0.25) is 0 Å². The first kappa shape index (κ1) is 13.4. The summed E-state index contributed by atoms with van der Waals surface area (Å²) in [5, 5.41) is 3.49. The zero-order valence-corrected chi connectivity index (χ0v) is 12.2. The molecule has 2 heteroatoms. The van der Waals surface area contributed by atoms with Gasteiger partial charge in [0.25, 0.3) is 0 Å². The van der Waals surface area contributed by atoms with E-state index >= 15 is 0 Å². The highest BCUT2D eigenvalue weighted by Gasteiger charge is 2.17. The molecule has 1 aromatic rings. The third-order valence-electron chi connectivity index (χ3n) is 3.38. The summed E-state index contributed by atoms with van der Waals surface area (Å²) in [6.45, 7) is 12.5. The van der Waals surface area contributed by atoms with Crippen molar-refractivity contribution in [1.29, 1.82) is 0 Å². The van der Waals surface area contributed by atoms with Crippen LogP contribution in [0.2, 0.25) is 0 Å². The highest BCUT2D eigenvalue weighted by atomic mass is 15.2. The van der Waals surface area contributed by atoms with Gasteiger partial charge in [0.05, 0.1) is 0 Å². The maximum absolute atomic E-state index is 3.49. The number of hydrogen-bond donors (Lipinski definition) is 1. The van der Waals surface area contributed by atoms with Crippen LogP contribution in [-0.4, -0.2) is 25.7 Å². The number of rotatable bonds is 2. The Kier molecular flexibility index (Phi) is 3.96. The van der Waals surface area contributed by atoms with Crippen LogP contribution in [0, 0.1) is 5.41 Å². The smallest absolute Gasteiger partial charge is 0.0369 e. The van der Waals surface area contributed by atoms with E-state index in [9.17, 15) is 0 Å². The SMILES string of the molecule is CC1CN(c2cccc(CC(C)(C)C)c2)CCN1. The molecule has 1 unspecified atom stereocenters. The summed E-state index contributed by atoms with van der Waals surface area (Å²) < 4.78 is 0. The minimum atomic E-state index is 0.357. The molecule has 0 aromatic heterocycles. The van der Waals surface area contributed by atoms with Gasteiger partial charge in [0.1, 0.15) is 0 Å². The Bertz CT molecular complexity index is 392. The number of piperazine rings is 1. The Balaban J connectivity index is 2.11. The summed E-state index contributed by atoms with van der Waals surface area (Å²) >= 11 is 0. The van der Waals surface area contributed by atoms with Gasteiger partial charge in [-0.2, -0.15) is 0 Å². The summed E-state index contributed by atoms with van der Waals surface area (Å²) in [6.07, 6.45) is 1.14. The molecule has 1 fully saturated rings. The van der Waals surface area contributed by atoms with Crippen molar-refractivity contribution in [1.82, 2.24) is 5.32 Å². The number of hydrogen-bond acceptors (Lipinski definition) is 2. The predicted molar refractivity (Wildman–Crippen MR) is 79.3 cm³/mol. The number of nitrogens with one attached hydrogen (secondary N) is 1. The molecule has 18 heavy (non-hydrogen) atoms. The Labute approximate surface area is 111 Å². The average molecular weight is 246 g/mol. The number of anilines is 1. The highest BCUT2D eigenvalue weighted by molar-refractivity contribution is 5.49. The molecular formula is C16H26N2. The summed E-state index contributed by atoms with van der Waals surface area (Å²) in [7, 11) is 0. The van der Waals surface area contributed by atoms with Gasteiger partial charge in [-0.1, -0.05) is 32.9 Å². The fourth-order valence-electron chi connectivity index (χ4n) is 2.64. The monoisotopic (exact) mass is 246 g/mol. The van der Waals surface area contributed by atoms with Gasteiger partial charge >= 0.3 is 0 Å². The molecule has 1 heterocycles. The van der Waals surface area contributed by atoms with Crippen molar-refractivity contribution < 1.29 is 0 Å². The van der Waals surface area contributed by atoms with E-state index in [1.807, 2.05) is 0 Å². The Morgan fingerprint density at radius 1 is 1.33 bits per heavy atom. The van der Waals surface area contributed by atoms with Crippen LogP contribution in [-0.2, 0) is 6.42 Å². The van der Waals surface area contributed by atoms with E-state index in [4.69, 9.17) is 0 Å². The zero-order chi connectivity index (χ0) is 13.2. The fraction of sp³-hybridized carbons (Fsp3) is 0.625. The van der Waals surface area contributed by atoms with Crippen molar-refractivity contribution >= 4 is 5.69 Å². The molecule has 1 aromatic carbocycles. The standard InChI is InChI=1S/C16H26N2/c1-13-12-18(9-8-17-13)15-7-5-6-14(10-15)11-16(2,3)4/h5-7,10,13,17H,8-9,11-12H2,1-4H3. The lowest BCUT2D eigenvalue weighted by molar-refractivity contribution is 0.411. The highest BCUT2D eigenvalue weighted by Crippen LogP contribution is 2.24.